The average molecular weight is 246 g/mol. The van der Waals surface area contributed by atoms with Crippen LogP contribution in [0.25, 0.3) is 0 Å². The maximum Gasteiger partial charge on any atom is 0.146 e. The number of aliphatic hydroxyl groups excluding tert-OH is 1. The van der Waals surface area contributed by atoms with Gasteiger partial charge in [-0.2, -0.15) is 0 Å². The van der Waals surface area contributed by atoms with Gasteiger partial charge in [0, 0.05) is 18.9 Å². The van der Waals surface area contributed by atoms with E-state index in [4.69, 9.17) is 4.74 Å². The monoisotopic (exact) mass is 246 g/mol. The SMILES string of the molecule is CCn1ccnc1COc1cccc(C(C)O)c1. The highest BCUT2D eigenvalue weighted by Crippen LogP contribution is 2.19. The lowest BCUT2D eigenvalue weighted by Crippen LogP contribution is -2.05. The first-order valence-corrected chi connectivity index (χ1v) is 6.11. The Hall–Kier alpha value is -1.81. The normalized spacial score (nSPS) is 12.4. The number of imidazole rings is 1. The van der Waals surface area contributed by atoms with Crippen molar-refractivity contribution in [1.29, 1.82) is 0 Å². The van der Waals surface area contributed by atoms with Crippen LogP contribution in [-0.2, 0) is 13.2 Å². The van der Waals surface area contributed by atoms with Gasteiger partial charge in [0.2, 0.25) is 0 Å². The molecule has 1 unspecified atom stereocenters. The minimum Gasteiger partial charge on any atom is -0.486 e. The first-order chi connectivity index (χ1) is 8.70. The highest BCUT2D eigenvalue weighted by atomic mass is 16.5. The van der Waals surface area contributed by atoms with Gasteiger partial charge in [0.05, 0.1) is 6.10 Å². The second-order valence-electron chi connectivity index (χ2n) is 4.17. The summed E-state index contributed by atoms with van der Waals surface area (Å²) in [5, 5.41) is 9.51. The number of hydrogen-bond donors (Lipinski definition) is 1. The summed E-state index contributed by atoms with van der Waals surface area (Å²) in [5.74, 6) is 1.65. The van der Waals surface area contributed by atoms with Crippen molar-refractivity contribution >= 4 is 0 Å². The van der Waals surface area contributed by atoms with Crippen LogP contribution in [0.1, 0.15) is 31.3 Å². The molecule has 0 aliphatic heterocycles. The zero-order valence-electron chi connectivity index (χ0n) is 10.7. The fourth-order valence-electron chi connectivity index (χ4n) is 1.78. The smallest absolute Gasteiger partial charge is 0.146 e. The second-order valence-corrected chi connectivity index (χ2v) is 4.17. The summed E-state index contributed by atoms with van der Waals surface area (Å²) in [6.07, 6.45) is 3.23. The van der Waals surface area contributed by atoms with Crippen molar-refractivity contribution in [2.24, 2.45) is 0 Å². The van der Waals surface area contributed by atoms with Crippen molar-refractivity contribution in [1.82, 2.24) is 9.55 Å². The standard InChI is InChI=1S/C14H18N2O2/c1-3-16-8-7-15-14(16)10-18-13-6-4-5-12(9-13)11(2)17/h4-9,11,17H,3,10H2,1-2H3. The fraction of sp³-hybridized carbons (Fsp3) is 0.357. The van der Waals surface area contributed by atoms with Gasteiger partial charge in [-0.25, -0.2) is 4.98 Å². The maximum atomic E-state index is 9.51. The Balaban J connectivity index is 2.04. The molecule has 0 saturated carbocycles. The number of benzene rings is 1. The van der Waals surface area contributed by atoms with Gasteiger partial charge in [-0.05, 0) is 31.5 Å². The summed E-state index contributed by atoms with van der Waals surface area (Å²) in [5.41, 5.74) is 0.853. The molecule has 0 aliphatic carbocycles. The van der Waals surface area contributed by atoms with E-state index < -0.39 is 6.10 Å². The maximum absolute atomic E-state index is 9.51. The highest BCUT2D eigenvalue weighted by Gasteiger charge is 2.05. The van der Waals surface area contributed by atoms with Gasteiger partial charge in [0.25, 0.3) is 0 Å². The van der Waals surface area contributed by atoms with Crippen molar-refractivity contribution in [3.63, 3.8) is 0 Å². The molecule has 0 bridgehead atoms. The van der Waals surface area contributed by atoms with E-state index in [-0.39, 0.29) is 0 Å². The van der Waals surface area contributed by atoms with Crippen molar-refractivity contribution in [2.45, 2.75) is 33.1 Å². The largest absolute Gasteiger partial charge is 0.486 e. The molecule has 1 aromatic heterocycles. The number of aryl methyl sites for hydroxylation is 1. The van der Waals surface area contributed by atoms with Crippen molar-refractivity contribution < 1.29 is 9.84 Å². The predicted molar refractivity (Wildman–Crippen MR) is 69.3 cm³/mol. The zero-order chi connectivity index (χ0) is 13.0. The van der Waals surface area contributed by atoms with E-state index in [1.54, 1.807) is 13.1 Å². The van der Waals surface area contributed by atoms with E-state index in [1.165, 1.54) is 0 Å². The lowest BCUT2D eigenvalue weighted by atomic mass is 10.1. The molecule has 0 aliphatic rings. The summed E-state index contributed by atoms with van der Waals surface area (Å²) in [4.78, 5) is 4.25. The minimum absolute atomic E-state index is 0.435. The number of nitrogens with zero attached hydrogens (tertiary/aromatic N) is 2. The third kappa shape index (κ3) is 2.90. The molecule has 18 heavy (non-hydrogen) atoms. The minimum atomic E-state index is -0.480. The summed E-state index contributed by atoms with van der Waals surface area (Å²) in [7, 11) is 0. The van der Waals surface area contributed by atoms with Gasteiger partial charge >= 0.3 is 0 Å². The number of rotatable bonds is 5. The molecule has 96 valence electrons. The van der Waals surface area contributed by atoms with Gasteiger partial charge in [0.15, 0.2) is 0 Å². The van der Waals surface area contributed by atoms with Gasteiger partial charge in [-0.15, -0.1) is 0 Å². The van der Waals surface area contributed by atoms with Crippen LogP contribution in [0.4, 0.5) is 0 Å². The van der Waals surface area contributed by atoms with Gasteiger partial charge in [0.1, 0.15) is 18.2 Å². The molecule has 0 radical (unpaired) electrons. The number of aromatic nitrogens is 2. The van der Waals surface area contributed by atoms with E-state index in [0.29, 0.717) is 6.61 Å². The summed E-state index contributed by atoms with van der Waals surface area (Å²) >= 11 is 0. The molecule has 0 saturated heterocycles. The fourth-order valence-corrected chi connectivity index (χ4v) is 1.78. The average Bonchev–Trinajstić information content (AvgIpc) is 2.84. The molecule has 0 fully saturated rings. The highest BCUT2D eigenvalue weighted by molar-refractivity contribution is 5.29. The lowest BCUT2D eigenvalue weighted by molar-refractivity contribution is 0.198. The van der Waals surface area contributed by atoms with Crippen LogP contribution in [0.5, 0.6) is 5.75 Å². The first-order valence-electron chi connectivity index (χ1n) is 6.11. The molecule has 0 spiro atoms. The third-order valence-corrected chi connectivity index (χ3v) is 2.85. The van der Waals surface area contributed by atoms with Crippen molar-refractivity contribution in [3.8, 4) is 5.75 Å². The Morgan fingerprint density at radius 1 is 1.44 bits per heavy atom. The molecule has 1 N–H and O–H groups in total. The second kappa shape index (κ2) is 5.69. The van der Waals surface area contributed by atoms with E-state index in [2.05, 4.69) is 11.9 Å². The van der Waals surface area contributed by atoms with Gasteiger partial charge in [-0.3, -0.25) is 0 Å². The zero-order valence-corrected chi connectivity index (χ0v) is 10.7. The Morgan fingerprint density at radius 2 is 2.28 bits per heavy atom. The predicted octanol–water partition coefficient (Wildman–Crippen LogP) is 2.54. The molecule has 1 heterocycles. The Labute approximate surface area is 107 Å². The van der Waals surface area contributed by atoms with Crippen LogP contribution in [0.2, 0.25) is 0 Å². The van der Waals surface area contributed by atoms with E-state index >= 15 is 0 Å². The van der Waals surface area contributed by atoms with Gasteiger partial charge in [-0.1, -0.05) is 12.1 Å². The van der Waals surface area contributed by atoms with Crippen LogP contribution in [0, 0.1) is 0 Å². The van der Waals surface area contributed by atoms with Crippen LogP contribution in [-0.4, -0.2) is 14.7 Å². The van der Waals surface area contributed by atoms with Crippen LogP contribution < -0.4 is 4.74 Å². The Bertz CT molecular complexity index is 506. The molecule has 2 rings (SSSR count). The lowest BCUT2D eigenvalue weighted by Gasteiger charge is -2.10. The molecule has 2 aromatic rings. The Morgan fingerprint density at radius 3 is 3.00 bits per heavy atom. The molecule has 0 amide bonds. The Kier molecular flexibility index (Phi) is 3.99. The molecule has 1 atom stereocenters. The number of hydrogen-bond acceptors (Lipinski definition) is 3. The van der Waals surface area contributed by atoms with Gasteiger partial charge < -0.3 is 14.4 Å². The van der Waals surface area contributed by atoms with E-state index in [1.807, 2.05) is 35.0 Å². The van der Waals surface area contributed by atoms with Crippen LogP contribution >= 0.6 is 0 Å². The quantitative estimate of drug-likeness (QED) is 0.882. The summed E-state index contributed by atoms with van der Waals surface area (Å²) in [6, 6.07) is 7.49. The van der Waals surface area contributed by atoms with Crippen molar-refractivity contribution in [2.75, 3.05) is 0 Å². The third-order valence-electron chi connectivity index (χ3n) is 2.85. The van der Waals surface area contributed by atoms with E-state index in [0.717, 1.165) is 23.7 Å². The summed E-state index contributed by atoms with van der Waals surface area (Å²) < 4.78 is 7.73. The molecular weight excluding hydrogens is 228 g/mol. The summed E-state index contributed by atoms with van der Waals surface area (Å²) in [6.45, 7) is 5.12. The molecule has 4 nitrogen and oxygen atoms in total. The molecule has 4 heteroatoms. The number of ether oxygens (including phenoxy) is 1. The molecular formula is C14H18N2O2. The van der Waals surface area contributed by atoms with Crippen LogP contribution in [0.15, 0.2) is 36.7 Å². The van der Waals surface area contributed by atoms with Crippen LogP contribution in [0.3, 0.4) is 0 Å². The first kappa shape index (κ1) is 12.6. The van der Waals surface area contributed by atoms with E-state index in [9.17, 15) is 5.11 Å². The van der Waals surface area contributed by atoms with Crippen molar-refractivity contribution in [3.05, 3.63) is 48.0 Å². The number of aliphatic hydroxyl groups is 1. The topological polar surface area (TPSA) is 47.3 Å². The molecule has 1 aromatic carbocycles.